The van der Waals surface area contributed by atoms with Crippen LogP contribution >= 0.6 is 0 Å². The molecule has 0 saturated heterocycles. The molecule has 98 valence electrons. The molecule has 1 heterocycles. The molecule has 1 aromatic rings. The zero-order chi connectivity index (χ0) is 13.3. The normalized spacial score (nSPS) is 19.4. The summed E-state index contributed by atoms with van der Waals surface area (Å²) < 4.78 is 5.75. The first-order chi connectivity index (χ1) is 8.49. The molecule has 0 fully saturated rings. The Kier molecular flexibility index (Phi) is 3.71. The third-order valence-corrected chi connectivity index (χ3v) is 3.37. The van der Waals surface area contributed by atoms with E-state index < -0.39 is 0 Å². The quantitative estimate of drug-likeness (QED) is 0.804. The van der Waals surface area contributed by atoms with Crippen LogP contribution in [-0.2, 0) is 0 Å². The highest BCUT2D eigenvalue weighted by Gasteiger charge is 2.28. The number of ether oxygens (including phenoxy) is 1. The molecule has 2 rings (SSSR count). The van der Waals surface area contributed by atoms with Crippen molar-refractivity contribution >= 4 is 5.78 Å². The number of ketones is 1. The molecule has 3 nitrogen and oxygen atoms in total. The molecule has 0 aromatic heterocycles. The lowest BCUT2D eigenvalue weighted by atomic mass is 9.91. The Morgan fingerprint density at radius 3 is 2.72 bits per heavy atom. The van der Waals surface area contributed by atoms with Crippen LogP contribution in [0.3, 0.4) is 0 Å². The highest BCUT2D eigenvalue weighted by Crippen LogP contribution is 2.31. The number of fused-ring (bicyclic) bond motifs is 1. The minimum absolute atomic E-state index is 0.0441. The molecule has 1 aromatic carbocycles. The fraction of sp³-hybridized carbons (Fsp3) is 0.533. The maximum atomic E-state index is 12.6. The van der Waals surface area contributed by atoms with Crippen molar-refractivity contribution < 1.29 is 9.53 Å². The van der Waals surface area contributed by atoms with Crippen molar-refractivity contribution in [2.24, 2.45) is 5.92 Å². The van der Waals surface area contributed by atoms with Crippen LogP contribution in [0.5, 0.6) is 5.75 Å². The predicted molar refractivity (Wildman–Crippen MR) is 72.4 cm³/mol. The predicted octanol–water partition coefficient (Wildman–Crippen LogP) is 2.45. The topological polar surface area (TPSA) is 29.5 Å². The first kappa shape index (κ1) is 13.1. The van der Waals surface area contributed by atoms with Crippen LogP contribution in [0.15, 0.2) is 12.1 Å². The monoisotopic (exact) mass is 247 g/mol. The highest BCUT2D eigenvalue weighted by atomic mass is 16.5. The summed E-state index contributed by atoms with van der Waals surface area (Å²) in [5.74, 6) is 1.04. The summed E-state index contributed by atoms with van der Waals surface area (Å²) in [6.07, 6.45) is 0.796. The summed E-state index contributed by atoms with van der Waals surface area (Å²) in [4.78, 5) is 14.7. The molecule has 1 aliphatic rings. The fourth-order valence-corrected chi connectivity index (χ4v) is 2.62. The second-order valence-corrected chi connectivity index (χ2v) is 5.42. The molecular weight excluding hydrogens is 226 g/mol. The lowest BCUT2D eigenvalue weighted by Gasteiger charge is -2.18. The van der Waals surface area contributed by atoms with Crippen LogP contribution in [-0.4, -0.2) is 37.9 Å². The number of rotatable bonds is 2. The van der Waals surface area contributed by atoms with Gasteiger partial charge in [0.2, 0.25) is 0 Å². The molecule has 1 unspecified atom stereocenters. The first-order valence-corrected chi connectivity index (χ1v) is 6.42. The molecule has 18 heavy (non-hydrogen) atoms. The van der Waals surface area contributed by atoms with E-state index >= 15 is 0 Å². The van der Waals surface area contributed by atoms with Crippen LogP contribution in [0, 0.1) is 19.8 Å². The maximum Gasteiger partial charge on any atom is 0.171 e. The van der Waals surface area contributed by atoms with Gasteiger partial charge >= 0.3 is 0 Å². The van der Waals surface area contributed by atoms with Crippen LogP contribution < -0.4 is 4.74 Å². The van der Waals surface area contributed by atoms with E-state index in [0.29, 0.717) is 6.61 Å². The van der Waals surface area contributed by atoms with Crippen molar-refractivity contribution in [2.45, 2.75) is 20.3 Å². The smallest absolute Gasteiger partial charge is 0.171 e. The maximum absolute atomic E-state index is 12.6. The molecule has 0 amide bonds. The van der Waals surface area contributed by atoms with Gasteiger partial charge < -0.3 is 9.64 Å². The molecule has 0 bridgehead atoms. The van der Waals surface area contributed by atoms with E-state index in [0.717, 1.165) is 35.4 Å². The Bertz CT molecular complexity index is 466. The van der Waals surface area contributed by atoms with Gasteiger partial charge in [0.15, 0.2) is 5.78 Å². The highest BCUT2D eigenvalue weighted by molar-refractivity contribution is 6.02. The Hall–Kier alpha value is -1.35. The Balaban J connectivity index is 2.40. The van der Waals surface area contributed by atoms with Crippen molar-refractivity contribution in [2.75, 3.05) is 27.2 Å². The van der Waals surface area contributed by atoms with E-state index in [1.807, 2.05) is 34.0 Å². The van der Waals surface area contributed by atoms with Crippen molar-refractivity contribution in [3.05, 3.63) is 28.8 Å². The van der Waals surface area contributed by atoms with Crippen molar-refractivity contribution in [1.29, 1.82) is 0 Å². The van der Waals surface area contributed by atoms with E-state index in [9.17, 15) is 4.79 Å². The largest absolute Gasteiger partial charge is 0.493 e. The molecule has 1 aliphatic heterocycles. The number of hydrogen-bond donors (Lipinski definition) is 0. The zero-order valence-corrected chi connectivity index (χ0v) is 11.6. The second-order valence-electron chi connectivity index (χ2n) is 5.42. The number of hydrogen-bond acceptors (Lipinski definition) is 3. The molecule has 0 aliphatic carbocycles. The van der Waals surface area contributed by atoms with Gasteiger partial charge in [-0.15, -0.1) is 0 Å². The van der Waals surface area contributed by atoms with Crippen molar-refractivity contribution in [1.82, 2.24) is 4.90 Å². The van der Waals surface area contributed by atoms with E-state index in [1.165, 1.54) is 0 Å². The summed E-state index contributed by atoms with van der Waals surface area (Å²) >= 11 is 0. The van der Waals surface area contributed by atoms with Crippen LogP contribution in [0.4, 0.5) is 0 Å². The van der Waals surface area contributed by atoms with Gasteiger partial charge in [0.05, 0.1) is 12.2 Å². The van der Waals surface area contributed by atoms with Gasteiger partial charge in [0.1, 0.15) is 5.75 Å². The molecule has 3 heteroatoms. The van der Waals surface area contributed by atoms with Crippen LogP contribution in [0.2, 0.25) is 0 Å². The molecule has 1 atom stereocenters. The average molecular weight is 247 g/mol. The number of carbonyl (C=O) groups excluding carboxylic acids is 1. The van der Waals surface area contributed by atoms with Crippen molar-refractivity contribution in [3.63, 3.8) is 0 Å². The summed E-state index contributed by atoms with van der Waals surface area (Å²) in [5, 5.41) is 0. The van der Waals surface area contributed by atoms with Gasteiger partial charge in [-0.3, -0.25) is 4.79 Å². The van der Waals surface area contributed by atoms with Gasteiger partial charge in [-0.1, -0.05) is 6.07 Å². The molecule has 0 spiro atoms. The average Bonchev–Trinajstić information content (AvgIpc) is 2.38. The van der Waals surface area contributed by atoms with Crippen molar-refractivity contribution in [3.8, 4) is 5.75 Å². The standard InChI is InChI=1S/C15H21NO2/c1-10-7-11(2)14-13(8-10)18-6-5-12(15(14)17)9-16(3)4/h7-8,12H,5-6,9H2,1-4H3. The number of Topliss-reactive ketones (excluding diaryl/α,β-unsaturated/α-hetero) is 1. The van der Waals surface area contributed by atoms with E-state index in [2.05, 4.69) is 11.0 Å². The SMILES string of the molecule is Cc1cc(C)c2c(c1)OCCC(CN(C)C)C2=O. The number of nitrogens with zero attached hydrogens (tertiary/aromatic N) is 1. The molecule has 0 saturated carbocycles. The summed E-state index contributed by atoms with van der Waals surface area (Å²) in [7, 11) is 4.00. The van der Waals surface area contributed by atoms with E-state index in [1.54, 1.807) is 0 Å². The zero-order valence-electron chi connectivity index (χ0n) is 11.6. The minimum Gasteiger partial charge on any atom is -0.493 e. The van der Waals surface area contributed by atoms with Gasteiger partial charge in [-0.05, 0) is 51.6 Å². The van der Waals surface area contributed by atoms with Gasteiger partial charge in [0.25, 0.3) is 0 Å². The van der Waals surface area contributed by atoms with Gasteiger partial charge in [-0.2, -0.15) is 0 Å². The first-order valence-electron chi connectivity index (χ1n) is 6.42. The van der Waals surface area contributed by atoms with Gasteiger partial charge in [0, 0.05) is 12.5 Å². The third-order valence-electron chi connectivity index (χ3n) is 3.37. The number of benzene rings is 1. The minimum atomic E-state index is 0.0441. The lowest BCUT2D eigenvalue weighted by Crippen LogP contribution is -2.28. The Morgan fingerprint density at radius 1 is 1.33 bits per heavy atom. The van der Waals surface area contributed by atoms with E-state index in [-0.39, 0.29) is 11.7 Å². The lowest BCUT2D eigenvalue weighted by molar-refractivity contribution is 0.0891. The fourth-order valence-electron chi connectivity index (χ4n) is 2.62. The Labute approximate surface area is 109 Å². The summed E-state index contributed by atoms with van der Waals surface area (Å²) in [5.41, 5.74) is 2.95. The van der Waals surface area contributed by atoms with Crippen LogP contribution in [0.1, 0.15) is 27.9 Å². The molecular formula is C15H21NO2. The second kappa shape index (κ2) is 5.11. The van der Waals surface area contributed by atoms with Crippen LogP contribution in [0.25, 0.3) is 0 Å². The van der Waals surface area contributed by atoms with E-state index in [4.69, 9.17) is 4.74 Å². The molecule has 0 N–H and O–H groups in total. The number of aryl methyl sites for hydroxylation is 2. The summed E-state index contributed by atoms with van der Waals surface area (Å²) in [6.45, 7) is 5.43. The van der Waals surface area contributed by atoms with Gasteiger partial charge in [-0.25, -0.2) is 0 Å². The Morgan fingerprint density at radius 2 is 2.06 bits per heavy atom. The summed E-state index contributed by atoms with van der Waals surface area (Å²) in [6, 6.07) is 4.02. The third kappa shape index (κ3) is 2.56. The molecule has 0 radical (unpaired) electrons. The number of carbonyl (C=O) groups is 1.